The van der Waals surface area contributed by atoms with Gasteiger partial charge in [-0.15, -0.1) is 0 Å². The summed E-state index contributed by atoms with van der Waals surface area (Å²) in [5, 5.41) is 5.76. The van der Waals surface area contributed by atoms with Crippen LogP contribution in [0.4, 0.5) is 4.39 Å². The molecule has 0 radical (unpaired) electrons. The predicted molar refractivity (Wildman–Crippen MR) is 139 cm³/mol. The van der Waals surface area contributed by atoms with Crippen LogP contribution in [-0.2, 0) is 6.54 Å². The van der Waals surface area contributed by atoms with Crippen molar-refractivity contribution < 1.29 is 4.39 Å². The fraction of sp³-hybridized carbons (Fsp3) is 0.760. The number of hydrogen-bond acceptors (Lipinski definition) is 2. The molecule has 0 unspecified atom stereocenters. The van der Waals surface area contributed by atoms with Crippen molar-refractivity contribution >= 4 is 41.1 Å². The molecule has 3 nitrogen and oxygen atoms in total. The fourth-order valence-electron chi connectivity index (χ4n) is 4.92. The number of pyridine rings is 1. The van der Waals surface area contributed by atoms with Gasteiger partial charge in [-0.1, -0.05) is 0 Å². The molecule has 0 atom stereocenters. The standard InChI is InChI=1S/C13H19FN3Si.3C4H9.Sn/c1-18(2,3)7-5-4-6-17-13-11(9-16-17)8-12(14)10-15-13;3*1-3-4-2;/h9-10H,4-7H2,1-3H3;3*1,3-4H2,2H3;. The van der Waals surface area contributed by atoms with E-state index in [2.05, 4.69) is 50.1 Å². The second kappa shape index (κ2) is 12.7. The first-order chi connectivity index (χ1) is 14.8. The Morgan fingerprint density at radius 1 is 0.871 bits per heavy atom. The van der Waals surface area contributed by atoms with E-state index >= 15 is 4.39 Å². The number of aromatic nitrogens is 3. The summed E-state index contributed by atoms with van der Waals surface area (Å²) < 4.78 is 22.5. The molecule has 0 aromatic carbocycles. The normalized spacial score (nSPS) is 12.7. The molecule has 0 fully saturated rings. The Labute approximate surface area is 195 Å². The summed E-state index contributed by atoms with van der Waals surface area (Å²) in [6, 6.07) is 1.35. The van der Waals surface area contributed by atoms with Gasteiger partial charge in [-0.3, -0.25) is 0 Å². The maximum atomic E-state index is 15.5. The Bertz CT molecular complexity index is 778. The molecule has 2 rings (SSSR count). The first kappa shape index (κ1) is 26.8. The van der Waals surface area contributed by atoms with Gasteiger partial charge < -0.3 is 0 Å². The van der Waals surface area contributed by atoms with Crippen LogP contribution in [0.25, 0.3) is 11.0 Å². The summed E-state index contributed by atoms with van der Waals surface area (Å²) in [7, 11) is -0.999. The van der Waals surface area contributed by atoms with E-state index in [1.165, 1.54) is 70.5 Å². The van der Waals surface area contributed by atoms with Gasteiger partial charge in [0.05, 0.1) is 0 Å². The van der Waals surface area contributed by atoms with Crippen LogP contribution in [0.5, 0.6) is 0 Å². The third-order valence-electron chi connectivity index (χ3n) is 6.72. The summed E-state index contributed by atoms with van der Waals surface area (Å²) in [6.07, 6.45) is 13.1. The minimum atomic E-state index is -2.91. The molecule has 0 spiro atoms. The molecule has 0 saturated heterocycles. The Morgan fingerprint density at radius 3 is 1.97 bits per heavy atom. The van der Waals surface area contributed by atoms with Crippen molar-refractivity contribution in [3.8, 4) is 0 Å². The van der Waals surface area contributed by atoms with Crippen LogP contribution >= 0.6 is 0 Å². The van der Waals surface area contributed by atoms with Gasteiger partial charge in [-0.2, -0.15) is 0 Å². The average Bonchev–Trinajstić information content (AvgIpc) is 3.13. The molecule has 0 aliphatic carbocycles. The molecule has 176 valence electrons. The van der Waals surface area contributed by atoms with Crippen molar-refractivity contribution in [2.24, 2.45) is 0 Å². The van der Waals surface area contributed by atoms with Crippen LogP contribution in [0.1, 0.15) is 72.1 Å². The van der Waals surface area contributed by atoms with E-state index in [1.54, 1.807) is 0 Å². The van der Waals surface area contributed by atoms with Gasteiger partial charge in [-0.25, -0.2) is 0 Å². The van der Waals surface area contributed by atoms with E-state index in [0.717, 1.165) is 27.6 Å². The van der Waals surface area contributed by atoms with Crippen molar-refractivity contribution in [2.75, 3.05) is 0 Å². The van der Waals surface area contributed by atoms with Crippen LogP contribution in [0.15, 0.2) is 12.4 Å². The summed E-state index contributed by atoms with van der Waals surface area (Å²) in [4.78, 5) is 4.55. The first-order valence-corrected chi connectivity index (χ1v) is 24.0. The molecular formula is C25H46FN3SiSn. The van der Waals surface area contributed by atoms with Crippen LogP contribution in [0, 0.1) is 5.82 Å². The predicted octanol–water partition coefficient (Wildman–Crippen LogP) is 7.74. The molecule has 0 saturated carbocycles. The molecule has 0 aliphatic heterocycles. The molecule has 2 heterocycles. The average molecular weight is 554 g/mol. The number of hydrogen-bond donors (Lipinski definition) is 0. The van der Waals surface area contributed by atoms with E-state index in [0.29, 0.717) is 0 Å². The van der Waals surface area contributed by atoms with Crippen molar-refractivity contribution in [3.63, 3.8) is 0 Å². The Balaban J connectivity index is 2.41. The van der Waals surface area contributed by atoms with Crippen molar-refractivity contribution in [1.29, 1.82) is 0 Å². The molecular weight excluding hydrogens is 508 g/mol. The van der Waals surface area contributed by atoms with E-state index in [1.807, 2.05) is 6.20 Å². The second-order valence-corrected chi connectivity index (χ2v) is 29.3. The summed E-state index contributed by atoms with van der Waals surface area (Å²) in [6.45, 7) is 15.0. The number of nitrogens with zero attached hydrogens (tertiary/aromatic N) is 3. The third kappa shape index (κ3) is 7.55. The topological polar surface area (TPSA) is 30.7 Å². The number of halogens is 1. The quantitative estimate of drug-likeness (QED) is 0.167. The Morgan fingerprint density at radius 2 is 1.45 bits per heavy atom. The van der Waals surface area contributed by atoms with Gasteiger partial charge in [0.15, 0.2) is 0 Å². The first-order valence-electron chi connectivity index (χ1n) is 12.8. The summed E-state index contributed by atoms with van der Waals surface area (Å²) in [5.41, 5.74) is 0.926. The fourth-order valence-corrected chi connectivity index (χ4v) is 23.1. The molecule has 0 amide bonds. The molecule has 0 N–H and O–H groups in total. The number of unbranched alkanes of at least 4 members (excludes halogenated alkanes) is 4. The minimum absolute atomic E-state index is 0.0371. The van der Waals surface area contributed by atoms with E-state index < -0.39 is 26.5 Å². The summed E-state index contributed by atoms with van der Waals surface area (Å²) >= 11 is -2.91. The zero-order valence-electron chi connectivity index (χ0n) is 21.1. The second-order valence-electron chi connectivity index (χ2n) is 10.7. The van der Waals surface area contributed by atoms with Crippen molar-refractivity contribution in [3.05, 3.63) is 18.2 Å². The molecule has 0 bridgehead atoms. The van der Waals surface area contributed by atoms with Crippen LogP contribution < -0.4 is 3.58 Å². The Hall–Kier alpha value is -0.434. The molecule has 6 heteroatoms. The van der Waals surface area contributed by atoms with E-state index in [-0.39, 0.29) is 5.82 Å². The van der Waals surface area contributed by atoms with E-state index in [4.69, 9.17) is 5.10 Å². The number of fused-ring (bicyclic) bond motifs is 1. The zero-order chi connectivity index (χ0) is 22.9. The summed E-state index contributed by atoms with van der Waals surface area (Å²) in [5.74, 6) is -0.0371. The monoisotopic (exact) mass is 555 g/mol. The Kier molecular flexibility index (Phi) is 11.0. The van der Waals surface area contributed by atoms with Crippen LogP contribution in [0.3, 0.4) is 0 Å². The molecule has 2 aromatic rings. The van der Waals surface area contributed by atoms with Gasteiger partial charge in [0.2, 0.25) is 0 Å². The van der Waals surface area contributed by atoms with Crippen LogP contribution in [-0.4, -0.2) is 41.2 Å². The van der Waals surface area contributed by atoms with Gasteiger partial charge in [0.1, 0.15) is 0 Å². The van der Waals surface area contributed by atoms with Gasteiger partial charge >= 0.3 is 196 Å². The van der Waals surface area contributed by atoms with Gasteiger partial charge in [0.25, 0.3) is 0 Å². The third-order valence-corrected chi connectivity index (χ3v) is 24.3. The number of aryl methyl sites for hydroxylation is 1. The van der Waals surface area contributed by atoms with Crippen molar-refractivity contribution in [1.82, 2.24) is 14.8 Å². The molecule has 0 aliphatic rings. The SMILES string of the molecule is CCC[CH2][Sn]([CH2]CCC)([CH2]CCC)[c]1c(F)cnc2c1cnn2CCCC[Si](C)(C)C. The van der Waals surface area contributed by atoms with E-state index in [9.17, 15) is 0 Å². The van der Waals surface area contributed by atoms with Crippen LogP contribution in [0.2, 0.25) is 39.0 Å². The van der Waals surface area contributed by atoms with Gasteiger partial charge in [0, 0.05) is 0 Å². The maximum absolute atomic E-state index is 15.5. The van der Waals surface area contributed by atoms with Gasteiger partial charge in [-0.05, 0) is 0 Å². The number of rotatable bonds is 15. The molecule has 31 heavy (non-hydrogen) atoms. The van der Waals surface area contributed by atoms with Crippen molar-refractivity contribution in [2.45, 2.75) is 118 Å². The zero-order valence-corrected chi connectivity index (χ0v) is 24.9. The molecule has 2 aromatic heterocycles.